The van der Waals surface area contributed by atoms with Crippen molar-refractivity contribution in [2.24, 2.45) is 0 Å². The minimum Gasteiger partial charge on any atom is -0.457 e. The molecule has 0 fully saturated rings. The maximum Gasteiger partial charge on any atom is 0.413 e. The number of fused-ring (bicyclic) bond motifs is 1. The molecule has 2 aromatic heterocycles. The van der Waals surface area contributed by atoms with E-state index in [2.05, 4.69) is 20.6 Å². The lowest BCUT2D eigenvalue weighted by Crippen LogP contribution is -2.22. The zero-order valence-electron chi connectivity index (χ0n) is 16.0. The summed E-state index contributed by atoms with van der Waals surface area (Å²) in [5.74, 6) is 0.705. The molecule has 3 N–H and O–H groups in total. The normalized spacial score (nSPS) is 10.4. The van der Waals surface area contributed by atoms with Gasteiger partial charge in [0.1, 0.15) is 11.5 Å². The van der Waals surface area contributed by atoms with Crippen LogP contribution in [-0.2, 0) is 0 Å². The van der Waals surface area contributed by atoms with Gasteiger partial charge in [0.15, 0.2) is 0 Å². The number of pyridine rings is 1. The molecule has 2 amide bonds. The Hall–Kier alpha value is -4.33. The van der Waals surface area contributed by atoms with Gasteiger partial charge in [-0.15, -0.1) is 0 Å². The molecule has 8 heteroatoms. The molecular weight excluding hydrogens is 384 g/mol. The summed E-state index contributed by atoms with van der Waals surface area (Å²) in [5.41, 5.74) is 1.99. The topological polar surface area (TPSA) is 105 Å². The molecule has 0 bridgehead atoms. The molecule has 0 atom stereocenters. The summed E-state index contributed by atoms with van der Waals surface area (Å²) < 4.78 is 10.8. The van der Waals surface area contributed by atoms with Crippen molar-refractivity contribution in [1.29, 1.82) is 0 Å². The van der Waals surface area contributed by atoms with Gasteiger partial charge in [0, 0.05) is 36.5 Å². The summed E-state index contributed by atoms with van der Waals surface area (Å²) in [6.45, 7) is 0. The molecule has 2 heterocycles. The van der Waals surface area contributed by atoms with Crippen LogP contribution < -0.4 is 20.1 Å². The third kappa shape index (κ3) is 4.22. The number of para-hydroxylation sites is 1. The molecular formula is C22H18N4O4. The van der Waals surface area contributed by atoms with Gasteiger partial charge in [-0.05, 0) is 36.4 Å². The lowest BCUT2D eigenvalue weighted by atomic mass is 10.2. The van der Waals surface area contributed by atoms with E-state index in [4.69, 9.17) is 9.47 Å². The molecule has 2 aromatic carbocycles. The molecule has 150 valence electrons. The quantitative estimate of drug-likeness (QED) is 0.461. The van der Waals surface area contributed by atoms with E-state index in [1.807, 2.05) is 30.5 Å². The second kappa shape index (κ2) is 8.36. The van der Waals surface area contributed by atoms with Crippen LogP contribution in [0.4, 0.5) is 10.5 Å². The van der Waals surface area contributed by atoms with Gasteiger partial charge < -0.3 is 25.1 Å². The van der Waals surface area contributed by atoms with Gasteiger partial charge in [0.25, 0.3) is 5.91 Å². The number of amides is 2. The first-order valence-electron chi connectivity index (χ1n) is 9.13. The number of hydrogen-bond donors (Lipinski definition) is 3. The standard InChI is InChI=1S/C22H18N4O4/c1-23-22(28)30-19-13-17(9-11-24-19)29-16-6-2-5-15(12-16)21(27)26-18-7-3-4-14-8-10-25-20(14)18/h2-13,25H,1H3,(H,23,28)(H,26,27). The van der Waals surface area contributed by atoms with E-state index in [0.717, 1.165) is 10.9 Å². The van der Waals surface area contributed by atoms with E-state index in [1.165, 1.54) is 19.3 Å². The highest BCUT2D eigenvalue weighted by atomic mass is 16.6. The van der Waals surface area contributed by atoms with Crippen LogP contribution in [0.2, 0.25) is 0 Å². The summed E-state index contributed by atoms with van der Waals surface area (Å²) in [7, 11) is 1.45. The van der Waals surface area contributed by atoms with Crippen LogP contribution in [0.15, 0.2) is 73.1 Å². The number of benzene rings is 2. The monoisotopic (exact) mass is 402 g/mol. The van der Waals surface area contributed by atoms with Crippen molar-refractivity contribution in [2.45, 2.75) is 0 Å². The molecule has 0 radical (unpaired) electrons. The van der Waals surface area contributed by atoms with Gasteiger partial charge in [-0.1, -0.05) is 18.2 Å². The minimum absolute atomic E-state index is 0.0970. The van der Waals surface area contributed by atoms with Crippen molar-refractivity contribution < 1.29 is 19.1 Å². The van der Waals surface area contributed by atoms with Gasteiger partial charge in [-0.2, -0.15) is 0 Å². The highest BCUT2D eigenvalue weighted by Gasteiger charge is 2.11. The fourth-order valence-corrected chi connectivity index (χ4v) is 2.88. The van der Waals surface area contributed by atoms with Crippen molar-refractivity contribution in [3.05, 3.63) is 78.6 Å². The molecule has 0 spiro atoms. The Morgan fingerprint density at radius 1 is 1.00 bits per heavy atom. The van der Waals surface area contributed by atoms with Gasteiger partial charge >= 0.3 is 6.09 Å². The number of nitrogens with one attached hydrogen (secondary N) is 3. The van der Waals surface area contributed by atoms with E-state index in [9.17, 15) is 9.59 Å². The number of hydrogen-bond acceptors (Lipinski definition) is 5. The average Bonchev–Trinajstić information content (AvgIpc) is 3.24. The fourth-order valence-electron chi connectivity index (χ4n) is 2.88. The van der Waals surface area contributed by atoms with E-state index >= 15 is 0 Å². The smallest absolute Gasteiger partial charge is 0.413 e. The summed E-state index contributed by atoms with van der Waals surface area (Å²) in [6.07, 6.45) is 2.66. The molecule has 30 heavy (non-hydrogen) atoms. The first-order chi connectivity index (χ1) is 14.6. The van der Waals surface area contributed by atoms with E-state index in [0.29, 0.717) is 22.7 Å². The van der Waals surface area contributed by atoms with Crippen molar-refractivity contribution in [3.63, 3.8) is 0 Å². The van der Waals surface area contributed by atoms with E-state index < -0.39 is 6.09 Å². The summed E-state index contributed by atoms with van der Waals surface area (Å²) in [6, 6.07) is 17.5. The number of H-pyrrole nitrogens is 1. The first kappa shape index (κ1) is 19.0. The average molecular weight is 402 g/mol. The Morgan fingerprint density at radius 3 is 2.70 bits per heavy atom. The van der Waals surface area contributed by atoms with E-state index in [-0.39, 0.29) is 11.8 Å². The van der Waals surface area contributed by atoms with Crippen molar-refractivity contribution in [2.75, 3.05) is 12.4 Å². The summed E-state index contributed by atoms with van der Waals surface area (Å²) in [5, 5.41) is 6.27. The lowest BCUT2D eigenvalue weighted by Gasteiger charge is -2.10. The Morgan fingerprint density at radius 2 is 1.83 bits per heavy atom. The molecule has 8 nitrogen and oxygen atoms in total. The predicted octanol–water partition coefficient (Wildman–Crippen LogP) is 4.33. The molecule has 4 rings (SSSR count). The molecule has 0 saturated heterocycles. The van der Waals surface area contributed by atoms with Gasteiger partial charge in [-0.3, -0.25) is 4.79 Å². The maximum atomic E-state index is 12.7. The van der Waals surface area contributed by atoms with Crippen LogP contribution in [-0.4, -0.2) is 29.0 Å². The van der Waals surface area contributed by atoms with Crippen LogP contribution in [0.25, 0.3) is 10.9 Å². The second-order valence-corrected chi connectivity index (χ2v) is 6.30. The Labute approximate surface area is 171 Å². The third-order valence-electron chi connectivity index (χ3n) is 4.28. The Bertz CT molecular complexity index is 1220. The molecule has 0 unspecified atom stereocenters. The number of carbonyl (C=O) groups is 2. The minimum atomic E-state index is -0.629. The first-order valence-corrected chi connectivity index (χ1v) is 9.13. The molecule has 0 aliphatic rings. The summed E-state index contributed by atoms with van der Waals surface area (Å²) in [4.78, 5) is 31.1. The largest absolute Gasteiger partial charge is 0.457 e. The number of ether oxygens (including phenoxy) is 2. The SMILES string of the molecule is CNC(=O)Oc1cc(Oc2cccc(C(=O)Nc3cccc4cc[nH]c34)c2)ccn1. The van der Waals surface area contributed by atoms with Crippen LogP contribution in [0, 0.1) is 0 Å². The predicted molar refractivity (Wildman–Crippen MR) is 112 cm³/mol. The van der Waals surface area contributed by atoms with Crippen LogP contribution in [0.5, 0.6) is 17.4 Å². The zero-order chi connectivity index (χ0) is 20.9. The number of aromatic nitrogens is 2. The van der Waals surface area contributed by atoms with Gasteiger partial charge in [-0.25, -0.2) is 9.78 Å². The Kier molecular flexibility index (Phi) is 5.29. The second-order valence-electron chi connectivity index (χ2n) is 6.30. The maximum absolute atomic E-state index is 12.7. The summed E-state index contributed by atoms with van der Waals surface area (Å²) >= 11 is 0. The molecule has 0 aliphatic carbocycles. The van der Waals surface area contributed by atoms with Crippen molar-refractivity contribution >= 4 is 28.6 Å². The number of aromatic amines is 1. The Balaban J connectivity index is 1.50. The highest BCUT2D eigenvalue weighted by Crippen LogP contribution is 2.26. The van der Waals surface area contributed by atoms with Gasteiger partial charge in [0.05, 0.1) is 11.2 Å². The highest BCUT2D eigenvalue weighted by molar-refractivity contribution is 6.08. The van der Waals surface area contributed by atoms with Crippen LogP contribution in [0.1, 0.15) is 10.4 Å². The van der Waals surface area contributed by atoms with Crippen molar-refractivity contribution in [1.82, 2.24) is 15.3 Å². The van der Waals surface area contributed by atoms with Crippen LogP contribution in [0.3, 0.4) is 0 Å². The molecule has 4 aromatic rings. The number of nitrogens with zero attached hydrogens (tertiary/aromatic N) is 1. The zero-order valence-corrected chi connectivity index (χ0v) is 16.0. The number of carbonyl (C=O) groups excluding carboxylic acids is 2. The lowest BCUT2D eigenvalue weighted by molar-refractivity contribution is 0.102. The van der Waals surface area contributed by atoms with Crippen molar-refractivity contribution in [3.8, 4) is 17.4 Å². The molecule has 0 aliphatic heterocycles. The van der Waals surface area contributed by atoms with Crippen LogP contribution >= 0.6 is 0 Å². The third-order valence-corrected chi connectivity index (χ3v) is 4.28. The number of rotatable bonds is 5. The fraction of sp³-hybridized carbons (Fsp3) is 0.0455. The van der Waals surface area contributed by atoms with E-state index in [1.54, 1.807) is 30.3 Å². The van der Waals surface area contributed by atoms with Gasteiger partial charge in [0.2, 0.25) is 5.88 Å². The molecule has 0 saturated carbocycles. The number of anilines is 1.